The second kappa shape index (κ2) is 21.0. The van der Waals surface area contributed by atoms with E-state index in [0.717, 1.165) is 42.4 Å². The Morgan fingerprint density at radius 2 is 1.40 bits per heavy atom. The molecule has 0 spiro atoms. The summed E-state index contributed by atoms with van der Waals surface area (Å²) >= 11 is 0. The summed E-state index contributed by atoms with van der Waals surface area (Å²) in [5.74, 6) is 5.42. The second-order valence-corrected chi connectivity index (χ2v) is 11.3. The van der Waals surface area contributed by atoms with Crippen LogP contribution >= 0.6 is 0 Å². The fourth-order valence-electron chi connectivity index (χ4n) is 4.57. The van der Waals surface area contributed by atoms with Gasteiger partial charge in [0, 0.05) is 23.7 Å². The second-order valence-electron chi connectivity index (χ2n) is 11.3. The van der Waals surface area contributed by atoms with Crippen LogP contribution in [-0.2, 0) is 6.42 Å². The number of unbranched alkanes of at least 4 members (excludes halogenated alkanes) is 2. The fourth-order valence-corrected chi connectivity index (χ4v) is 4.57. The number of aryl methyl sites for hydroxylation is 1. The molecule has 8 N–H and O–H groups in total. The highest BCUT2D eigenvalue weighted by Gasteiger charge is 2.29. The van der Waals surface area contributed by atoms with Crippen molar-refractivity contribution in [1.29, 1.82) is 0 Å². The van der Waals surface area contributed by atoms with Crippen molar-refractivity contribution in [3.05, 3.63) is 94.5 Å². The van der Waals surface area contributed by atoms with Gasteiger partial charge in [0.25, 0.3) is 0 Å². The minimum absolute atomic E-state index is 0.0936. The van der Waals surface area contributed by atoms with E-state index in [1.165, 1.54) is 30.5 Å². The Labute approximate surface area is 277 Å². The lowest BCUT2D eigenvalue weighted by Crippen LogP contribution is -2.48. The summed E-state index contributed by atoms with van der Waals surface area (Å²) in [6, 6.07) is 20.8. The van der Waals surface area contributed by atoms with Crippen LogP contribution in [0.25, 0.3) is 0 Å². The molecule has 256 valence electrons. The van der Waals surface area contributed by atoms with Crippen molar-refractivity contribution in [2.75, 3.05) is 20.2 Å². The smallest absolute Gasteiger partial charge is 0.339 e. The number of carboxylic acid groups (broad SMARTS) is 1. The molecule has 0 saturated carbocycles. The van der Waals surface area contributed by atoms with Gasteiger partial charge in [0.2, 0.25) is 0 Å². The molecule has 0 saturated heterocycles. The maximum absolute atomic E-state index is 11.1. The van der Waals surface area contributed by atoms with Crippen LogP contribution in [0.4, 0.5) is 0 Å². The number of aromatic carboxylic acids is 1. The highest BCUT2D eigenvalue weighted by atomic mass is 16.5. The Balaban J connectivity index is 0.000000500. The van der Waals surface area contributed by atoms with Gasteiger partial charge in [0.15, 0.2) is 0 Å². The van der Waals surface area contributed by atoms with E-state index in [2.05, 4.69) is 55.3 Å². The number of aromatic hydroxyl groups is 1. The number of carbonyl (C=O) groups is 1. The monoisotopic (exact) mass is 651 g/mol. The zero-order valence-corrected chi connectivity index (χ0v) is 27.3. The van der Waals surface area contributed by atoms with Crippen LogP contribution in [0, 0.1) is 11.8 Å². The lowest BCUT2D eigenvalue weighted by atomic mass is 10.0. The number of likely N-dealkylation sites (N-methyl/N-ethyl adjacent to an activating group) is 1. The molecule has 1 unspecified atom stereocenters. The van der Waals surface area contributed by atoms with E-state index in [4.69, 9.17) is 30.3 Å². The molecule has 10 nitrogen and oxygen atoms in total. The molecule has 5 atom stereocenters. The zero-order valence-electron chi connectivity index (χ0n) is 27.3. The van der Waals surface area contributed by atoms with Crippen LogP contribution in [0.1, 0.15) is 84.7 Å². The summed E-state index contributed by atoms with van der Waals surface area (Å²) in [6.45, 7) is 3.76. The average molecular weight is 652 g/mol. The maximum atomic E-state index is 11.1. The van der Waals surface area contributed by atoms with Crippen LogP contribution in [0.5, 0.6) is 11.5 Å². The lowest BCUT2D eigenvalue weighted by molar-refractivity contribution is -0.113. The number of phenols is 1. The van der Waals surface area contributed by atoms with Crippen molar-refractivity contribution in [3.8, 4) is 23.3 Å². The summed E-state index contributed by atoms with van der Waals surface area (Å²) < 4.78 is 6.14. The summed E-state index contributed by atoms with van der Waals surface area (Å²) in [7, 11) is 1.57. The topological polar surface area (TPSA) is 180 Å². The van der Waals surface area contributed by atoms with Crippen LogP contribution < -0.4 is 10.1 Å². The van der Waals surface area contributed by atoms with E-state index >= 15 is 0 Å². The number of hydrogen-bond acceptors (Lipinski definition) is 9. The molecule has 10 heteroatoms. The average Bonchev–Trinajstić information content (AvgIpc) is 3.08. The molecule has 0 aliphatic rings. The number of rotatable bonds is 16. The zero-order chi connectivity index (χ0) is 34.8. The molecule has 3 rings (SSSR count). The Hall–Kier alpha value is -3.95. The van der Waals surface area contributed by atoms with Crippen LogP contribution in [0.3, 0.4) is 0 Å². The van der Waals surface area contributed by atoms with Crippen LogP contribution in [0.2, 0.25) is 0 Å². The molecule has 0 radical (unpaired) electrons. The summed E-state index contributed by atoms with van der Waals surface area (Å²) in [6.07, 6.45) is 0.488. The highest BCUT2D eigenvalue weighted by Crippen LogP contribution is 2.30. The molecular formula is C37H49NO9. The molecule has 0 amide bonds. The van der Waals surface area contributed by atoms with Crippen molar-refractivity contribution in [3.63, 3.8) is 0 Å². The van der Waals surface area contributed by atoms with Gasteiger partial charge in [-0.25, -0.2) is 4.79 Å². The van der Waals surface area contributed by atoms with Crippen molar-refractivity contribution >= 4 is 5.97 Å². The fraction of sp³-hybridized carbons (Fsp3) is 0.432. The largest absolute Gasteiger partial charge is 0.507 e. The van der Waals surface area contributed by atoms with E-state index < -0.39 is 37.0 Å². The number of aliphatic hydroxyl groups is 5. The third-order valence-electron chi connectivity index (χ3n) is 7.44. The standard InChI is InChI=1S/C30H32O4.C7H17NO5/c1-3-5-7-22-9-11-23(12-10-22)13-14-24-15-17-25(18-16-24)29(8-6-4-2)34-26-19-20-27(30(32)33)28(31)21-26;1-8-2-4(10)6(12)7(13)5(11)3-9/h9-12,15-21,29,31H,3-8H2,1-2H3,(H,32,33);4-13H,2-3H2,1H3/t;4-,5+,6+,7+/m.0/s1. The van der Waals surface area contributed by atoms with E-state index in [1.807, 2.05) is 24.3 Å². The highest BCUT2D eigenvalue weighted by molar-refractivity contribution is 5.90. The van der Waals surface area contributed by atoms with E-state index in [9.17, 15) is 15.0 Å². The molecule has 0 fully saturated rings. The van der Waals surface area contributed by atoms with E-state index in [0.29, 0.717) is 5.75 Å². The first kappa shape index (κ1) is 39.2. The lowest BCUT2D eigenvalue weighted by Gasteiger charge is -2.25. The SMILES string of the molecule is CCCCc1ccc(C#Cc2ccc(C(CCCC)Oc3ccc(C(=O)O)c(O)c3)cc2)cc1.CNC[C@H](O)[C@@H](O)[C@H](O)[C@H](O)CO. The third kappa shape index (κ3) is 13.4. The van der Waals surface area contributed by atoms with Gasteiger partial charge < -0.3 is 45.8 Å². The number of benzene rings is 3. The van der Waals surface area contributed by atoms with Crippen molar-refractivity contribution in [1.82, 2.24) is 5.32 Å². The van der Waals surface area contributed by atoms with E-state index in [-0.39, 0.29) is 24.0 Å². The number of carboxylic acids is 1. The minimum Gasteiger partial charge on any atom is -0.507 e. The molecule has 47 heavy (non-hydrogen) atoms. The van der Waals surface area contributed by atoms with Crippen LogP contribution in [0.15, 0.2) is 66.7 Å². The normalized spacial score (nSPS) is 14.0. The first-order valence-corrected chi connectivity index (χ1v) is 16.0. The number of ether oxygens (including phenoxy) is 1. The first-order valence-electron chi connectivity index (χ1n) is 16.0. The number of nitrogens with one attached hydrogen (secondary N) is 1. The number of hydrogen-bond donors (Lipinski definition) is 8. The molecule has 3 aromatic carbocycles. The predicted octanol–water partition coefficient (Wildman–Crippen LogP) is 3.78. The Kier molecular flexibility index (Phi) is 17.6. The predicted molar refractivity (Wildman–Crippen MR) is 180 cm³/mol. The van der Waals surface area contributed by atoms with Gasteiger partial charge in [-0.3, -0.25) is 0 Å². The van der Waals surface area contributed by atoms with Gasteiger partial charge >= 0.3 is 5.97 Å². The molecule has 0 heterocycles. The summed E-state index contributed by atoms with van der Waals surface area (Å²) in [5, 5.41) is 66.6. The number of aliphatic hydroxyl groups excluding tert-OH is 5. The van der Waals surface area contributed by atoms with Gasteiger partial charge in [-0.1, -0.05) is 62.8 Å². The quantitative estimate of drug-likeness (QED) is 0.106. The van der Waals surface area contributed by atoms with Crippen molar-refractivity contribution in [2.24, 2.45) is 0 Å². The minimum atomic E-state index is -1.55. The van der Waals surface area contributed by atoms with Gasteiger partial charge in [0.1, 0.15) is 41.5 Å². The van der Waals surface area contributed by atoms with Gasteiger partial charge in [-0.05, 0) is 80.3 Å². The first-order chi connectivity index (χ1) is 22.5. The van der Waals surface area contributed by atoms with E-state index in [1.54, 1.807) is 13.1 Å². The molecule has 0 bridgehead atoms. The van der Waals surface area contributed by atoms with Crippen molar-refractivity contribution in [2.45, 2.75) is 82.9 Å². The molecule has 0 aliphatic carbocycles. The Morgan fingerprint density at radius 1 is 0.830 bits per heavy atom. The molecule has 0 aromatic heterocycles. The van der Waals surface area contributed by atoms with Crippen LogP contribution in [-0.4, -0.2) is 86.3 Å². The molecule has 3 aromatic rings. The van der Waals surface area contributed by atoms with Gasteiger partial charge in [-0.15, -0.1) is 0 Å². The van der Waals surface area contributed by atoms with Gasteiger partial charge in [0.05, 0.1) is 12.7 Å². The maximum Gasteiger partial charge on any atom is 0.339 e. The van der Waals surface area contributed by atoms with Gasteiger partial charge in [-0.2, -0.15) is 0 Å². The molecular weight excluding hydrogens is 602 g/mol. The molecule has 0 aliphatic heterocycles. The Bertz CT molecular complexity index is 1400. The summed E-state index contributed by atoms with van der Waals surface area (Å²) in [4.78, 5) is 11.1. The van der Waals surface area contributed by atoms with Crippen molar-refractivity contribution < 1.29 is 45.3 Å². The Morgan fingerprint density at radius 3 is 1.91 bits per heavy atom. The third-order valence-corrected chi connectivity index (χ3v) is 7.44. The summed E-state index contributed by atoms with van der Waals surface area (Å²) in [5.41, 5.74) is 4.15.